The molecule has 1 amide bonds. The van der Waals surface area contributed by atoms with Crippen LogP contribution in [0.2, 0.25) is 0 Å². The maximum absolute atomic E-state index is 13.4. The average molecular weight is 392 g/mol. The molecule has 150 valence electrons. The molecule has 8 nitrogen and oxygen atoms in total. The number of hydrogen-bond donors (Lipinski definition) is 1. The van der Waals surface area contributed by atoms with Gasteiger partial charge in [-0.05, 0) is 24.5 Å². The molecule has 1 N–H and O–H groups in total. The third kappa shape index (κ3) is 3.44. The minimum absolute atomic E-state index is 0.0670. The van der Waals surface area contributed by atoms with Crippen molar-refractivity contribution in [3.63, 3.8) is 0 Å². The topological polar surface area (TPSA) is 88.9 Å². The van der Waals surface area contributed by atoms with Crippen LogP contribution in [0.5, 0.6) is 0 Å². The number of rotatable bonds is 7. The molecule has 0 unspecified atom stereocenters. The zero-order valence-corrected chi connectivity index (χ0v) is 16.4. The Kier molecular flexibility index (Phi) is 4.63. The summed E-state index contributed by atoms with van der Waals surface area (Å²) in [6.07, 6.45) is 2.98. The Balaban J connectivity index is 1.53. The fraction of sp³-hybridized carbons (Fsp3) is 0.429. The van der Waals surface area contributed by atoms with Crippen LogP contribution in [-0.2, 0) is 22.5 Å². The molecule has 0 bridgehead atoms. The highest BCUT2D eigenvalue weighted by Crippen LogP contribution is 2.40. The molecule has 8 heteroatoms. The van der Waals surface area contributed by atoms with Gasteiger partial charge in [0.1, 0.15) is 11.7 Å². The number of aromatic amines is 1. The summed E-state index contributed by atoms with van der Waals surface area (Å²) in [5.74, 6) is 2.08. The SMILES string of the molecule is COCCN1Cc2nnc(-c3cc(C4CC4)[nH]n3)n2[C@H](Cc2ccccc2)C1=O. The van der Waals surface area contributed by atoms with Gasteiger partial charge in [0.2, 0.25) is 5.91 Å². The molecular weight excluding hydrogens is 368 g/mol. The minimum Gasteiger partial charge on any atom is -0.383 e. The number of aromatic nitrogens is 5. The Bertz CT molecular complexity index is 1010. The Morgan fingerprint density at radius 3 is 2.79 bits per heavy atom. The first-order chi connectivity index (χ1) is 14.2. The number of H-pyrrole nitrogens is 1. The van der Waals surface area contributed by atoms with E-state index in [-0.39, 0.29) is 5.91 Å². The van der Waals surface area contributed by atoms with Crippen molar-refractivity contribution in [2.45, 2.75) is 37.8 Å². The lowest BCUT2D eigenvalue weighted by molar-refractivity contribution is -0.138. The molecule has 1 aromatic carbocycles. The summed E-state index contributed by atoms with van der Waals surface area (Å²) in [5, 5.41) is 16.4. The van der Waals surface area contributed by atoms with Gasteiger partial charge < -0.3 is 9.64 Å². The van der Waals surface area contributed by atoms with Crippen LogP contribution < -0.4 is 0 Å². The predicted octanol–water partition coefficient (Wildman–Crippen LogP) is 2.32. The lowest BCUT2D eigenvalue weighted by Gasteiger charge is -2.33. The summed E-state index contributed by atoms with van der Waals surface area (Å²) in [5.41, 5.74) is 2.99. The van der Waals surface area contributed by atoms with Crippen LogP contribution in [0, 0.1) is 0 Å². The first kappa shape index (κ1) is 18.1. The van der Waals surface area contributed by atoms with Crippen molar-refractivity contribution >= 4 is 5.91 Å². The number of hydrogen-bond acceptors (Lipinski definition) is 5. The van der Waals surface area contributed by atoms with Crippen LogP contribution in [0.4, 0.5) is 0 Å². The number of nitrogens with one attached hydrogen (secondary N) is 1. The largest absolute Gasteiger partial charge is 0.383 e. The van der Waals surface area contributed by atoms with Gasteiger partial charge in [-0.3, -0.25) is 14.5 Å². The minimum atomic E-state index is -0.399. The first-order valence-electron chi connectivity index (χ1n) is 10.1. The number of nitrogens with zero attached hydrogens (tertiary/aromatic N) is 5. The monoisotopic (exact) mass is 392 g/mol. The van der Waals surface area contributed by atoms with Gasteiger partial charge in [-0.25, -0.2) is 0 Å². The van der Waals surface area contributed by atoms with E-state index in [2.05, 4.69) is 26.5 Å². The van der Waals surface area contributed by atoms with Crippen LogP contribution in [0.3, 0.4) is 0 Å². The van der Waals surface area contributed by atoms with E-state index in [1.165, 1.54) is 12.8 Å². The molecule has 1 aliphatic carbocycles. The smallest absolute Gasteiger partial charge is 0.246 e. The van der Waals surface area contributed by atoms with E-state index in [1.54, 1.807) is 7.11 Å². The normalized spacial score (nSPS) is 18.9. The Morgan fingerprint density at radius 2 is 2.03 bits per heavy atom. The lowest BCUT2D eigenvalue weighted by Crippen LogP contribution is -2.45. The molecule has 1 aliphatic heterocycles. The molecule has 1 saturated carbocycles. The average Bonchev–Trinajstić information content (AvgIpc) is 3.32. The highest BCUT2D eigenvalue weighted by molar-refractivity contribution is 5.82. The highest BCUT2D eigenvalue weighted by atomic mass is 16.5. The summed E-state index contributed by atoms with van der Waals surface area (Å²) in [6.45, 7) is 1.46. The van der Waals surface area contributed by atoms with E-state index in [4.69, 9.17) is 4.74 Å². The molecule has 3 aromatic rings. The van der Waals surface area contributed by atoms with Crippen molar-refractivity contribution < 1.29 is 9.53 Å². The number of fused-ring (bicyclic) bond motifs is 1. The number of carbonyl (C=O) groups is 1. The van der Waals surface area contributed by atoms with Crippen molar-refractivity contribution in [2.75, 3.05) is 20.3 Å². The van der Waals surface area contributed by atoms with Crippen molar-refractivity contribution in [1.82, 2.24) is 29.9 Å². The third-order valence-electron chi connectivity index (χ3n) is 5.69. The Hall–Kier alpha value is -3.00. The zero-order chi connectivity index (χ0) is 19.8. The Labute approximate surface area is 168 Å². The predicted molar refractivity (Wildman–Crippen MR) is 106 cm³/mol. The fourth-order valence-corrected chi connectivity index (χ4v) is 3.96. The number of amides is 1. The van der Waals surface area contributed by atoms with E-state index < -0.39 is 6.04 Å². The van der Waals surface area contributed by atoms with Gasteiger partial charge in [0.25, 0.3) is 0 Å². The number of carbonyl (C=O) groups excluding carboxylic acids is 1. The van der Waals surface area contributed by atoms with Crippen molar-refractivity contribution in [2.24, 2.45) is 0 Å². The first-order valence-corrected chi connectivity index (χ1v) is 10.1. The second kappa shape index (κ2) is 7.44. The standard InChI is InChI=1S/C21H24N6O2/c1-29-10-9-26-13-19-24-25-20(17-12-16(22-23-17)15-7-8-15)27(19)18(21(26)28)11-14-5-3-2-4-6-14/h2-6,12,15,18H,7-11,13H2,1H3,(H,22,23)/t18-/m1/s1. The number of ether oxygens (including phenoxy) is 1. The zero-order valence-electron chi connectivity index (χ0n) is 16.4. The van der Waals surface area contributed by atoms with Crippen LogP contribution in [-0.4, -0.2) is 56.0 Å². The van der Waals surface area contributed by atoms with Gasteiger partial charge in [-0.1, -0.05) is 30.3 Å². The van der Waals surface area contributed by atoms with Gasteiger partial charge in [0.05, 0.1) is 13.2 Å². The Morgan fingerprint density at radius 1 is 1.21 bits per heavy atom. The molecule has 29 heavy (non-hydrogen) atoms. The lowest BCUT2D eigenvalue weighted by atomic mass is 10.0. The fourth-order valence-electron chi connectivity index (χ4n) is 3.96. The molecular formula is C21H24N6O2. The molecule has 0 radical (unpaired) electrons. The molecule has 2 aromatic heterocycles. The van der Waals surface area contributed by atoms with Crippen molar-refractivity contribution in [3.05, 3.63) is 53.5 Å². The summed E-state index contributed by atoms with van der Waals surface area (Å²) in [7, 11) is 1.64. The highest BCUT2D eigenvalue weighted by Gasteiger charge is 2.37. The molecule has 0 saturated heterocycles. The van der Waals surface area contributed by atoms with Gasteiger partial charge in [0, 0.05) is 31.7 Å². The quantitative estimate of drug-likeness (QED) is 0.667. The van der Waals surface area contributed by atoms with E-state index in [0.29, 0.717) is 37.9 Å². The number of benzene rings is 1. The van der Waals surface area contributed by atoms with Crippen LogP contribution in [0.1, 0.15) is 41.9 Å². The van der Waals surface area contributed by atoms with Crippen LogP contribution in [0.15, 0.2) is 36.4 Å². The van der Waals surface area contributed by atoms with Crippen LogP contribution >= 0.6 is 0 Å². The van der Waals surface area contributed by atoms with Gasteiger partial charge in [-0.2, -0.15) is 5.10 Å². The summed E-state index contributed by atoms with van der Waals surface area (Å²) < 4.78 is 7.17. The third-order valence-corrected chi connectivity index (χ3v) is 5.69. The second-order valence-corrected chi connectivity index (χ2v) is 7.75. The number of methoxy groups -OCH3 is 1. The molecule has 3 heterocycles. The van der Waals surface area contributed by atoms with Gasteiger partial charge >= 0.3 is 0 Å². The van der Waals surface area contributed by atoms with E-state index >= 15 is 0 Å². The molecule has 5 rings (SSSR count). The van der Waals surface area contributed by atoms with Gasteiger partial charge in [-0.15, -0.1) is 10.2 Å². The van der Waals surface area contributed by atoms with Crippen LogP contribution in [0.25, 0.3) is 11.5 Å². The summed E-state index contributed by atoms with van der Waals surface area (Å²) in [4.78, 5) is 15.2. The van der Waals surface area contributed by atoms with E-state index in [0.717, 1.165) is 22.8 Å². The summed E-state index contributed by atoms with van der Waals surface area (Å²) >= 11 is 0. The van der Waals surface area contributed by atoms with E-state index in [9.17, 15) is 4.79 Å². The maximum Gasteiger partial charge on any atom is 0.246 e. The summed E-state index contributed by atoms with van der Waals surface area (Å²) in [6, 6.07) is 11.7. The maximum atomic E-state index is 13.4. The van der Waals surface area contributed by atoms with E-state index in [1.807, 2.05) is 39.8 Å². The molecule has 0 spiro atoms. The second-order valence-electron chi connectivity index (χ2n) is 7.75. The van der Waals surface area contributed by atoms with Crippen molar-refractivity contribution in [1.29, 1.82) is 0 Å². The van der Waals surface area contributed by atoms with Gasteiger partial charge in [0.15, 0.2) is 11.6 Å². The molecule has 1 fully saturated rings. The van der Waals surface area contributed by atoms with Crippen molar-refractivity contribution in [3.8, 4) is 11.5 Å². The molecule has 1 atom stereocenters. The molecule has 2 aliphatic rings.